The molecule has 1 fully saturated rings. The monoisotopic (exact) mass is 121 g/mol. The second-order valence-corrected chi connectivity index (χ2v) is 3.65. The smallest absolute Gasteiger partial charge is 0.00265 e. The molecule has 1 saturated carbocycles. The van der Waals surface area contributed by atoms with Crippen LogP contribution in [-0.2, 0) is 0 Å². The van der Waals surface area contributed by atoms with E-state index in [-0.39, 0.29) is 0 Å². The van der Waals surface area contributed by atoms with Gasteiger partial charge in [-0.3, -0.25) is 0 Å². The van der Waals surface area contributed by atoms with Crippen molar-refractivity contribution in [3.05, 3.63) is 18.1 Å². The van der Waals surface area contributed by atoms with Gasteiger partial charge in [0.15, 0.2) is 0 Å². The first-order valence-electron chi connectivity index (χ1n) is 3.82. The molecule has 9 heavy (non-hydrogen) atoms. The Morgan fingerprint density at radius 3 is 2.22 bits per heavy atom. The molecule has 0 aromatic heterocycles. The molecule has 2 bridgehead atoms. The van der Waals surface area contributed by atoms with Crippen molar-refractivity contribution in [1.82, 2.24) is 0 Å². The lowest BCUT2D eigenvalue weighted by Crippen LogP contribution is -2.25. The summed E-state index contributed by atoms with van der Waals surface area (Å²) in [5.41, 5.74) is 0.585. The summed E-state index contributed by atoms with van der Waals surface area (Å²) in [6.07, 6.45) is 10.3. The largest absolute Gasteiger partial charge is 0.0820 e. The van der Waals surface area contributed by atoms with E-state index < -0.39 is 0 Å². The molecule has 0 saturated heterocycles. The number of allylic oxidation sites excluding steroid dienone is 2. The molecular formula is C9H13. The van der Waals surface area contributed by atoms with Crippen LogP contribution in [-0.4, -0.2) is 0 Å². The van der Waals surface area contributed by atoms with Gasteiger partial charge in [0.25, 0.3) is 0 Å². The molecule has 0 unspecified atom stereocenters. The first-order valence-corrected chi connectivity index (χ1v) is 3.82. The zero-order valence-corrected chi connectivity index (χ0v) is 5.98. The topological polar surface area (TPSA) is 0 Å². The fourth-order valence-electron chi connectivity index (χ4n) is 1.79. The summed E-state index contributed by atoms with van der Waals surface area (Å²) in [6, 6.07) is 0. The maximum Gasteiger partial charge on any atom is -0.00265 e. The van der Waals surface area contributed by atoms with Gasteiger partial charge in [-0.1, -0.05) is 19.1 Å². The van der Waals surface area contributed by atoms with Crippen LogP contribution in [0.4, 0.5) is 0 Å². The second-order valence-electron chi connectivity index (χ2n) is 3.65. The first-order chi connectivity index (χ1) is 4.29. The highest BCUT2D eigenvalue weighted by Crippen LogP contribution is 2.45. The van der Waals surface area contributed by atoms with E-state index in [4.69, 9.17) is 0 Å². The third-order valence-electron chi connectivity index (χ3n) is 2.76. The predicted molar refractivity (Wildman–Crippen MR) is 39.0 cm³/mol. The van der Waals surface area contributed by atoms with E-state index in [0.717, 1.165) is 0 Å². The number of fused-ring (bicyclic) bond motifs is 2. The van der Waals surface area contributed by atoms with Crippen molar-refractivity contribution in [3.63, 3.8) is 0 Å². The molecule has 0 aromatic rings. The van der Waals surface area contributed by atoms with E-state index in [2.05, 4.69) is 19.1 Å². The van der Waals surface area contributed by atoms with E-state index in [1.807, 2.05) is 0 Å². The highest BCUT2D eigenvalue weighted by molar-refractivity contribution is 5.23. The average molecular weight is 121 g/mol. The van der Waals surface area contributed by atoms with Gasteiger partial charge in [0.1, 0.15) is 0 Å². The zero-order chi connectivity index (χ0) is 6.32. The Balaban J connectivity index is 2.28. The normalized spacial score (nSPS) is 31.2. The van der Waals surface area contributed by atoms with E-state index in [1.54, 1.807) is 5.92 Å². The van der Waals surface area contributed by atoms with Crippen molar-refractivity contribution in [3.8, 4) is 0 Å². The van der Waals surface area contributed by atoms with Crippen LogP contribution in [0.15, 0.2) is 12.2 Å². The summed E-state index contributed by atoms with van der Waals surface area (Å²) < 4.78 is 0. The summed E-state index contributed by atoms with van der Waals surface area (Å²) in [5.74, 6) is 1.68. The molecule has 3 aliphatic rings. The standard InChI is InChI=1S/C9H13/c1-9-5-2-8(3-6-9)4-7-9/h2,5H,3-4,6-7H2,1H3. The molecule has 49 valence electrons. The molecule has 0 aliphatic heterocycles. The van der Waals surface area contributed by atoms with E-state index >= 15 is 0 Å². The van der Waals surface area contributed by atoms with Crippen LogP contribution < -0.4 is 0 Å². The first kappa shape index (κ1) is 5.52. The Labute approximate surface area is 57.0 Å². The van der Waals surface area contributed by atoms with Crippen molar-refractivity contribution in [2.45, 2.75) is 32.6 Å². The van der Waals surface area contributed by atoms with Gasteiger partial charge in [0.05, 0.1) is 0 Å². The highest BCUT2D eigenvalue weighted by atomic mass is 14.4. The molecule has 0 amide bonds. The minimum Gasteiger partial charge on any atom is -0.0820 e. The molecule has 0 spiro atoms. The van der Waals surface area contributed by atoms with Crippen molar-refractivity contribution in [1.29, 1.82) is 0 Å². The maximum absolute atomic E-state index is 2.40. The van der Waals surface area contributed by atoms with Crippen molar-refractivity contribution in [2.75, 3.05) is 0 Å². The fourth-order valence-corrected chi connectivity index (χ4v) is 1.79. The predicted octanol–water partition coefficient (Wildman–Crippen LogP) is 2.71. The summed E-state index contributed by atoms with van der Waals surface area (Å²) in [7, 11) is 0. The third kappa shape index (κ3) is 0.810. The fraction of sp³-hybridized carbons (Fsp3) is 0.667. The van der Waals surface area contributed by atoms with Crippen molar-refractivity contribution < 1.29 is 0 Å². The van der Waals surface area contributed by atoms with Crippen LogP contribution in [0.5, 0.6) is 0 Å². The summed E-state index contributed by atoms with van der Waals surface area (Å²) >= 11 is 0. The van der Waals surface area contributed by atoms with Crippen LogP contribution in [0.1, 0.15) is 32.6 Å². The van der Waals surface area contributed by atoms with Gasteiger partial charge in [-0.15, -0.1) is 0 Å². The van der Waals surface area contributed by atoms with Crippen LogP contribution in [0.25, 0.3) is 0 Å². The van der Waals surface area contributed by atoms with E-state index in [1.165, 1.54) is 25.7 Å². The lowest BCUT2D eigenvalue weighted by molar-refractivity contribution is 0.291. The SMILES string of the molecule is CC12C=C[C](CC1)CC2. The Morgan fingerprint density at radius 2 is 2.00 bits per heavy atom. The summed E-state index contributed by atoms with van der Waals surface area (Å²) in [5, 5.41) is 0. The minimum atomic E-state index is 0.585. The number of hydrogen-bond acceptors (Lipinski definition) is 0. The Bertz CT molecular complexity index is 136. The van der Waals surface area contributed by atoms with Crippen molar-refractivity contribution >= 4 is 0 Å². The summed E-state index contributed by atoms with van der Waals surface area (Å²) in [6.45, 7) is 2.37. The van der Waals surface area contributed by atoms with Gasteiger partial charge < -0.3 is 0 Å². The van der Waals surface area contributed by atoms with E-state index in [9.17, 15) is 0 Å². The molecular weight excluding hydrogens is 108 g/mol. The van der Waals surface area contributed by atoms with Crippen LogP contribution in [0.3, 0.4) is 0 Å². The maximum atomic E-state index is 2.40. The van der Waals surface area contributed by atoms with Gasteiger partial charge in [0.2, 0.25) is 0 Å². The second kappa shape index (κ2) is 1.62. The zero-order valence-electron chi connectivity index (χ0n) is 5.98. The Hall–Kier alpha value is -0.260. The molecule has 0 heterocycles. The van der Waals surface area contributed by atoms with E-state index in [0.29, 0.717) is 5.41 Å². The molecule has 0 N–H and O–H groups in total. The lowest BCUT2D eigenvalue weighted by Gasteiger charge is -2.38. The minimum absolute atomic E-state index is 0.585. The van der Waals surface area contributed by atoms with Crippen molar-refractivity contribution in [2.24, 2.45) is 5.41 Å². The molecule has 0 heteroatoms. The summed E-state index contributed by atoms with van der Waals surface area (Å²) in [4.78, 5) is 0. The number of rotatable bonds is 0. The van der Waals surface area contributed by atoms with Crippen LogP contribution in [0, 0.1) is 11.3 Å². The Kier molecular flexibility index (Phi) is 0.992. The quantitative estimate of drug-likeness (QED) is 0.462. The van der Waals surface area contributed by atoms with Gasteiger partial charge in [-0.2, -0.15) is 0 Å². The van der Waals surface area contributed by atoms with Gasteiger partial charge >= 0.3 is 0 Å². The molecule has 3 rings (SSSR count). The third-order valence-corrected chi connectivity index (χ3v) is 2.76. The Morgan fingerprint density at radius 1 is 1.33 bits per heavy atom. The average Bonchev–Trinajstić information content (AvgIpc) is 1.90. The number of hydrogen-bond donors (Lipinski definition) is 0. The van der Waals surface area contributed by atoms with Crippen LogP contribution in [0.2, 0.25) is 0 Å². The molecule has 1 radical (unpaired) electrons. The van der Waals surface area contributed by atoms with Crippen LogP contribution >= 0.6 is 0 Å². The molecule has 0 aromatic carbocycles. The molecule has 3 aliphatic carbocycles. The molecule has 0 atom stereocenters. The highest BCUT2D eigenvalue weighted by Gasteiger charge is 2.32. The van der Waals surface area contributed by atoms with Gasteiger partial charge in [-0.25, -0.2) is 0 Å². The lowest BCUT2D eigenvalue weighted by atomic mass is 9.67. The molecule has 0 nitrogen and oxygen atoms in total. The van der Waals surface area contributed by atoms with Gasteiger partial charge in [0, 0.05) is 0 Å². The van der Waals surface area contributed by atoms with Gasteiger partial charge in [-0.05, 0) is 37.0 Å².